The van der Waals surface area contributed by atoms with Gasteiger partial charge in [-0.05, 0) is 29.9 Å². The molecule has 0 saturated carbocycles. The summed E-state index contributed by atoms with van der Waals surface area (Å²) in [7, 11) is 0. The molecule has 0 N–H and O–H groups in total. The molecule has 0 unspecified atom stereocenters. The van der Waals surface area contributed by atoms with Crippen molar-refractivity contribution in [1.82, 2.24) is 4.57 Å². The minimum Gasteiger partial charge on any atom is -0.277 e. The zero-order valence-electron chi connectivity index (χ0n) is 21.0. The van der Waals surface area contributed by atoms with Crippen LogP contribution in [0.1, 0.15) is 74.8 Å². The van der Waals surface area contributed by atoms with Gasteiger partial charge < -0.3 is 0 Å². The second kappa shape index (κ2) is 10.6. The van der Waals surface area contributed by atoms with Crippen LogP contribution < -0.4 is 4.57 Å². The van der Waals surface area contributed by atoms with Crippen molar-refractivity contribution in [2.24, 2.45) is 4.99 Å². The fraction of sp³-hybridized carbons (Fsp3) is 0.290. The first-order valence-electron chi connectivity index (χ1n) is 12.3. The number of rotatable bonds is 8. The number of aromatic nitrogens is 2. The molecule has 0 spiro atoms. The third kappa shape index (κ3) is 5.36. The third-order valence-corrected chi connectivity index (χ3v) is 6.36. The fourth-order valence-corrected chi connectivity index (χ4v) is 4.48. The Labute approximate surface area is 204 Å². The fourth-order valence-electron chi connectivity index (χ4n) is 4.48. The Bertz CT molecular complexity index is 1210. The van der Waals surface area contributed by atoms with Crippen molar-refractivity contribution in [1.29, 1.82) is 0 Å². The van der Waals surface area contributed by atoms with E-state index < -0.39 is 0 Å². The number of hydrogen-bond donors (Lipinski definition) is 0. The molecule has 0 aliphatic heterocycles. The Hall–Kier alpha value is -3.46. The summed E-state index contributed by atoms with van der Waals surface area (Å²) < 4.78 is 4.53. The zero-order valence-corrected chi connectivity index (χ0v) is 21.0. The molecule has 0 amide bonds. The van der Waals surface area contributed by atoms with E-state index in [4.69, 9.17) is 4.99 Å². The van der Waals surface area contributed by atoms with E-state index in [1.54, 1.807) is 0 Å². The molecule has 0 aliphatic carbocycles. The van der Waals surface area contributed by atoms with Crippen LogP contribution in [0.4, 0.5) is 0 Å². The van der Waals surface area contributed by atoms with E-state index in [-0.39, 0.29) is 6.04 Å². The van der Waals surface area contributed by atoms with Gasteiger partial charge in [-0.3, -0.25) is 4.99 Å². The second-order valence-electron chi connectivity index (χ2n) is 9.62. The van der Waals surface area contributed by atoms with Gasteiger partial charge in [0.05, 0.1) is 11.8 Å². The van der Waals surface area contributed by atoms with Gasteiger partial charge in [0, 0.05) is 11.1 Å². The summed E-state index contributed by atoms with van der Waals surface area (Å²) >= 11 is 0. The summed E-state index contributed by atoms with van der Waals surface area (Å²) in [6.07, 6.45) is 6.54. The first-order chi connectivity index (χ1) is 16.4. The molecule has 1 atom stereocenters. The molecular weight excluding hydrogens is 414 g/mol. The van der Waals surface area contributed by atoms with Gasteiger partial charge in [-0.25, -0.2) is 9.13 Å². The molecule has 0 aliphatic rings. The molecule has 0 fully saturated rings. The largest absolute Gasteiger partial charge is 0.277 e. The van der Waals surface area contributed by atoms with E-state index in [2.05, 4.69) is 141 Å². The number of para-hydroxylation sites is 1. The maximum Gasteiger partial charge on any atom is 0.249 e. The Kier molecular flexibility index (Phi) is 7.42. The Morgan fingerprint density at radius 1 is 0.765 bits per heavy atom. The van der Waals surface area contributed by atoms with Crippen molar-refractivity contribution in [2.75, 3.05) is 0 Å². The number of imidazole rings is 1. The molecular formula is C31H36N3+. The first kappa shape index (κ1) is 23.7. The number of nitrogens with zero attached hydrogens (tertiary/aromatic N) is 3. The number of aliphatic imine (C=N–C) groups is 1. The SMILES string of the molecule is CC(C)c1cccc(C(C)C)c1-n1cc[n+](CC(=N[C@@H](C)c2ccccc2)c2ccccc2)c1. The smallest absolute Gasteiger partial charge is 0.249 e. The summed E-state index contributed by atoms with van der Waals surface area (Å²) in [6, 6.07) is 27.8. The average molecular weight is 451 g/mol. The molecule has 174 valence electrons. The Morgan fingerprint density at radius 3 is 1.94 bits per heavy atom. The maximum atomic E-state index is 5.17. The van der Waals surface area contributed by atoms with Crippen LogP contribution in [0.5, 0.6) is 0 Å². The molecule has 3 heteroatoms. The summed E-state index contributed by atoms with van der Waals surface area (Å²) in [6.45, 7) is 12.0. The van der Waals surface area contributed by atoms with Gasteiger partial charge in [-0.15, -0.1) is 0 Å². The normalized spacial score (nSPS) is 13.0. The van der Waals surface area contributed by atoms with Gasteiger partial charge in [0.1, 0.15) is 24.6 Å². The van der Waals surface area contributed by atoms with Crippen molar-refractivity contribution in [3.8, 4) is 5.69 Å². The lowest BCUT2D eigenvalue weighted by Crippen LogP contribution is -2.36. The molecule has 0 saturated heterocycles. The van der Waals surface area contributed by atoms with Gasteiger partial charge >= 0.3 is 0 Å². The minimum atomic E-state index is 0.0910. The predicted octanol–water partition coefficient (Wildman–Crippen LogP) is 7.26. The van der Waals surface area contributed by atoms with E-state index in [1.165, 1.54) is 22.4 Å². The van der Waals surface area contributed by atoms with Crippen molar-refractivity contribution < 1.29 is 4.57 Å². The molecule has 3 nitrogen and oxygen atoms in total. The van der Waals surface area contributed by atoms with E-state index in [0.29, 0.717) is 11.8 Å². The van der Waals surface area contributed by atoms with Gasteiger partial charge in [-0.2, -0.15) is 0 Å². The van der Waals surface area contributed by atoms with Crippen LogP contribution in [0, 0.1) is 0 Å². The first-order valence-corrected chi connectivity index (χ1v) is 12.3. The summed E-state index contributed by atoms with van der Waals surface area (Å²) in [5.74, 6) is 0.912. The molecule has 4 rings (SSSR count). The highest BCUT2D eigenvalue weighted by molar-refractivity contribution is 5.99. The Morgan fingerprint density at radius 2 is 1.35 bits per heavy atom. The molecule has 0 bridgehead atoms. The summed E-state index contributed by atoms with van der Waals surface area (Å²) in [4.78, 5) is 5.17. The third-order valence-electron chi connectivity index (χ3n) is 6.36. The van der Waals surface area contributed by atoms with Crippen molar-refractivity contribution >= 4 is 5.71 Å². The number of benzene rings is 3. The summed E-state index contributed by atoms with van der Waals surface area (Å²) in [5, 5.41) is 0. The van der Waals surface area contributed by atoms with Crippen molar-refractivity contribution in [3.05, 3.63) is 120 Å². The van der Waals surface area contributed by atoms with Crippen molar-refractivity contribution in [3.63, 3.8) is 0 Å². The van der Waals surface area contributed by atoms with Crippen LogP contribution in [0.25, 0.3) is 5.69 Å². The van der Waals surface area contributed by atoms with Crippen molar-refractivity contribution in [2.45, 2.75) is 59.0 Å². The topological polar surface area (TPSA) is 21.2 Å². The molecule has 0 radical (unpaired) electrons. The van der Waals surface area contributed by atoms with Gasteiger partial charge in [0.2, 0.25) is 6.33 Å². The summed E-state index contributed by atoms with van der Waals surface area (Å²) in [5.41, 5.74) is 7.54. The average Bonchev–Trinajstić information content (AvgIpc) is 3.32. The lowest BCUT2D eigenvalue weighted by molar-refractivity contribution is -0.681. The zero-order chi connectivity index (χ0) is 24.1. The highest BCUT2D eigenvalue weighted by atomic mass is 15.1. The quantitative estimate of drug-likeness (QED) is 0.199. The molecule has 1 aromatic heterocycles. The van der Waals surface area contributed by atoms with Crippen LogP contribution >= 0.6 is 0 Å². The van der Waals surface area contributed by atoms with Gasteiger partial charge in [0.25, 0.3) is 0 Å². The predicted molar refractivity (Wildman–Crippen MR) is 142 cm³/mol. The lowest BCUT2D eigenvalue weighted by atomic mass is 9.92. The van der Waals surface area contributed by atoms with Gasteiger partial charge in [0.15, 0.2) is 0 Å². The second-order valence-corrected chi connectivity index (χ2v) is 9.62. The molecule has 34 heavy (non-hydrogen) atoms. The molecule has 4 aromatic rings. The van der Waals surface area contributed by atoms with E-state index >= 15 is 0 Å². The van der Waals surface area contributed by atoms with Gasteiger partial charge in [-0.1, -0.05) is 107 Å². The van der Waals surface area contributed by atoms with Crippen LogP contribution in [0.2, 0.25) is 0 Å². The highest BCUT2D eigenvalue weighted by Gasteiger charge is 2.21. The van der Waals surface area contributed by atoms with Crippen LogP contribution in [0.15, 0.2) is 103 Å². The highest BCUT2D eigenvalue weighted by Crippen LogP contribution is 2.30. The Balaban J connectivity index is 1.71. The van der Waals surface area contributed by atoms with E-state index in [9.17, 15) is 0 Å². The van der Waals surface area contributed by atoms with Crippen LogP contribution in [0.3, 0.4) is 0 Å². The van der Waals surface area contributed by atoms with Crippen LogP contribution in [-0.4, -0.2) is 10.3 Å². The standard InChI is InChI=1S/C31H36N3/c1-23(2)28-17-12-18-29(24(3)4)31(28)34-20-19-33(22-34)21-30(27-15-10-7-11-16-27)32-25(5)26-13-8-6-9-14-26/h6-20,22-25H,21H2,1-5H3/q+1/t25-/m0/s1. The van der Waals surface area contributed by atoms with Crippen LogP contribution in [-0.2, 0) is 6.54 Å². The van der Waals surface area contributed by atoms with E-state index in [0.717, 1.165) is 17.8 Å². The monoisotopic (exact) mass is 450 g/mol. The molecule has 1 heterocycles. The number of hydrogen-bond acceptors (Lipinski definition) is 1. The lowest BCUT2D eigenvalue weighted by Gasteiger charge is -2.16. The molecule has 3 aromatic carbocycles. The maximum absolute atomic E-state index is 5.17. The van der Waals surface area contributed by atoms with E-state index in [1.807, 2.05) is 0 Å². The minimum absolute atomic E-state index is 0.0910.